The lowest BCUT2D eigenvalue weighted by atomic mass is 10.2. The van der Waals surface area contributed by atoms with E-state index in [9.17, 15) is 0 Å². The Morgan fingerprint density at radius 1 is 1.11 bits per heavy atom. The monoisotopic (exact) mass is 262 g/mol. The minimum atomic E-state index is 0.899. The van der Waals surface area contributed by atoms with Gasteiger partial charge < -0.3 is 0 Å². The Labute approximate surface area is 116 Å². The summed E-state index contributed by atoms with van der Waals surface area (Å²) >= 11 is 0. The first-order valence-electron chi connectivity index (χ1n) is 7.77. The molecule has 2 fully saturated rings. The van der Waals surface area contributed by atoms with Crippen molar-refractivity contribution in [2.75, 3.05) is 32.7 Å². The van der Waals surface area contributed by atoms with E-state index < -0.39 is 0 Å². The van der Waals surface area contributed by atoms with E-state index in [-0.39, 0.29) is 0 Å². The molecule has 1 saturated carbocycles. The van der Waals surface area contributed by atoms with Crippen LogP contribution in [0.5, 0.6) is 0 Å². The van der Waals surface area contributed by atoms with E-state index in [2.05, 4.69) is 32.7 Å². The molecule has 3 rings (SSSR count). The maximum atomic E-state index is 4.36. The zero-order valence-electron chi connectivity index (χ0n) is 12.1. The van der Waals surface area contributed by atoms with Crippen LogP contribution in [0.2, 0.25) is 0 Å². The SMILES string of the molecule is Cc1cnn(CCN2CCN(C3CCCC3)CC2)c1. The zero-order valence-corrected chi connectivity index (χ0v) is 12.1. The highest BCUT2D eigenvalue weighted by Gasteiger charge is 2.25. The van der Waals surface area contributed by atoms with Gasteiger partial charge in [0.15, 0.2) is 0 Å². The topological polar surface area (TPSA) is 24.3 Å². The highest BCUT2D eigenvalue weighted by atomic mass is 15.3. The van der Waals surface area contributed by atoms with E-state index in [0.717, 1.165) is 19.1 Å². The second kappa shape index (κ2) is 6.06. The van der Waals surface area contributed by atoms with Gasteiger partial charge in [0.05, 0.1) is 12.7 Å². The summed E-state index contributed by atoms with van der Waals surface area (Å²) in [7, 11) is 0. The van der Waals surface area contributed by atoms with Crippen molar-refractivity contribution in [2.45, 2.75) is 45.2 Å². The number of hydrogen-bond acceptors (Lipinski definition) is 3. The first-order chi connectivity index (χ1) is 9.31. The number of aryl methyl sites for hydroxylation is 1. The molecule has 19 heavy (non-hydrogen) atoms. The van der Waals surface area contributed by atoms with Gasteiger partial charge in [0.25, 0.3) is 0 Å². The van der Waals surface area contributed by atoms with Crippen LogP contribution in [0.25, 0.3) is 0 Å². The average molecular weight is 262 g/mol. The van der Waals surface area contributed by atoms with Crippen molar-refractivity contribution >= 4 is 0 Å². The molecule has 1 aliphatic heterocycles. The lowest BCUT2D eigenvalue weighted by Gasteiger charge is -2.38. The Morgan fingerprint density at radius 3 is 2.47 bits per heavy atom. The van der Waals surface area contributed by atoms with Crippen LogP contribution in [0, 0.1) is 6.92 Å². The molecule has 1 aliphatic carbocycles. The average Bonchev–Trinajstić information content (AvgIpc) is 3.08. The molecular formula is C15H26N4. The summed E-state index contributed by atoms with van der Waals surface area (Å²) in [4.78, 5) is 5.31. The molecule has 0 N–H and O–H groups in total. The molecule has 1 saturated heterocycles. The van der Waals surface area contributed by atoms with Crippen molar-refractivity contribution < 1.29 is 0 Å². The summed E-state index contributed by atoms with van der Waals surface area (Å²) < 4.78 is 2.07. The Hall–Kier alpha value is -0.870. The van der Waals surface area contributed by atoms with Crippen LogP contribution < -0.4 is 0 Å². The van der Waals surface area contributed by atoms with Crippen LogP contribution in [-0.2, 0) is 6.54 Å². The fourth-order valence-corrected chi connectivity index (χ4v) is 3.45. The summed E-state index contributed by atoms with van der Waals surface area (Å²) in [5.74, 6) is 0. The molecule has 4 nitrogen and oxygen atoms in total. The van der Waals surface area contributed by atoms with Crippen molar-refractivity contribution in [3.63, 3.8) is 0 Å². The van der Waals surface area contributed by atoms with Crippen LogP contribution in [0.1, 0.15) is 31.2 Å². The van der Waals surface area contributed by atoms with Gasteiger partial charge >= 0.3 is 0 Å². The predicted octanol–water partition coefficient (Wildman–Crippen LogP) is 1.75. The smallest absolute Gasteiger partial charge is 0.0536 e. The van der Waals surface area contributed by atoms with Gasteiger partial charge in [-0.25, -0.2) is 0 Å². The van der Waals surface area contributed by atoms with Crippen molar-refractivity contribution in [2.24, 2.45) is 0 Å². The fourth-order valence-electron chi connectivity index (χ4n) is 3.45. The third-order valence-corrected chi connectivity index (χ3v) is 4.66. The minimum Gasteiger partial charge on any atom is -0.299 e. The zero-order chi connectivity index (χ0) is 13.1. The third-order valence-electron chi connectivity index (χ3n) is 4.66. The Balaban J connectivity index is 1.40. The summed E-state index contributed by atoms with van der Waals surface area (Å²) in [6.45, 7) is 9.26. The normalized spacial score (nSPS) is 23.2. The highest BCUT2D eigenvalue weighted by molar-refractivity contribution is 4.99. The van der Waals surface area contributed by atoms with Crippen LogP contribution in [0.3, 0.4) is 0 Å². The summed E-state index contributed by atoms with van der Waals surface area (Å²) in [6.07, 6.45) is 9.85. The molecule has 0 spiro atoms. The summed E-state index contributed by atoms with van der Waals surface area (Å²) in [5.41, 5.74) is 1.26. The number of aromatic nitrogens is 2. The van der Waals surface area contributed by atoms with Gasteiger partial charge in [-0.2, -0.15) is 5.10 Å². The number of rotatable bonds is 4. The predicted molar refractivity (Wildman–Crippen MR) is 77.2 cm³/mol. The fraction of sp³-hybridized carbons (Fsp3) is 0.800. The van der Waals surface area contributed by atoms with Crippen LogP contribution in [-0.4, -0.2) is 58.3 Å². The van der Waals surface area contributed by atoms with Crippen molar-refractivity contribution in [1.82, 2.24) is 19.6 Å². The second-order valence-electron chi connectivity index (χ2n) is 6.10. The quantitative estimate of drug-likeness (QED) is 0.826. The van der Waals surface area contributed by atoms with Gasteiger partial charge in [-0.15, -0.1) is 0 Å². The highest BCUT2D eigenvalue weighted by Crippen LogP contribution is 2.24. The Morgan fingerprint density at radius 2 is 1.84 bits per heavy atom. The van der Waals surface area contributed by atoms with Crippen LogP contribution in [0.15, 0.2) is 12.4 Å². The lowest BCUT2D eigenvalue weighted by Crippen LogP contribution is -2.50. The first kappa shape index (κ1) is 13.1. The van der Waals surface area contributed by atoms with E-state index in [4.69, 9.17) is 0 Å². The van der Waals surface area contributed by atoms with Crippen molar-refractivity contribution in [3.05, 3.63) is 18.0 Å². The minimum absolute atomic E-state index is 0.899. The van der Waals surface area contributed by atoms with Crippen LogP contribution in [0.4, 0.5) is 0 Å². The molecule has 0 aromatic carbocycles. The number of piperazine rings is 1. The Kier molecular flexibility index (Phi) is 4.18. The largest absolute Gasteiger partial charge is 0.299 e. The summed E-state index contributed by atoms with van der Waals surface area (Å²) in [6, 6.07) is 0.899. The maximum Gasteiger partial charge on any atom is 0.0536 e. The van der Waals surface area contributed by atoms with E-state index >= 15 is 0 Å². The van der Waals surface area contributed by atoms with Gasteiger partial charge in [0.2, 0.25) is 0 Å². The van der Waals surface area contributed by atoms with Gasteiger partial charge in [-0.3, -0.25) is 14.5 Å². The van der Waals surface area contributed by atoms with E-state index in [1.165, 1.54) is 57.4 Å². The molecule has 4 heteroatoms. The van der Waals surface area contributed by atoms with Gasteiger partial charge in [0.1, 0.15) is 0 Å². The van der Waals surface area contributed by atoms with Gasteiger partial charge in [0, 0.05) is 45.0 Å². The molecule has 2 heterocycles. The Bertz CT molecular complexity index is 387. The molecular weight excluding hydrogens is 236 g/mol. The maximum absolute atomic E-state index is 4.36. The molecule has 0 bridgehead atoms. The summed E-state index contributed by atoms with van der Waals surface area (Å²) in [5, 5.41) is 4.36. The lowest BCUT2D eigenvalue weighted by molar-refractivity contribution is 0.0950. The van der Waals surface area contributed by atoms with E-state index in [0.29, 0.717) is 0 Å². The van der Waals surface area contributed by atoms with E-state index in [1.807, 2.05) is 6.20 Å². The molecule has 1 aromatic rings. The van der Waals surface area contributed by atoms with E-state index in [1.54, 1.807) is 0 Å². The standard InChI is InChI=1S/C15H26N4/c1-14-12-16-19(13-14)11-8-17-6-9-18(10-7-17)15-4-2-3-5-15/h12-13,15H,2-11H2,1H3. The number of nitrogens with zero attached hydrogens (tertiary/aromatic N) is 4. The number of hydrogen-bond donors (Lipinski definition) is 0. The van der Waals surface area contributed by atoms with Crippen molar-refractivity contribution in [3.8, 4) is 0 Å². The molecule has 0 unspecified atom stereocenters. The molecule has 1 aromatic heterocycles. The molecule has 0 amide bonds. The molecule has 2 aliphatic rings. The van der Waals surface area contributed by atoms with Gasteiger partial charge in [-0.05, 0) is 25.3 Å². The third kappa shape index (κ3) is 3.37. The van der Waals surface area contributed by atoms with Gasteiger partial charge in [-0.1, -0.05) is 12.8 Å². The molecule has 106 valence electrons. The van der Waals surface area contributed by atoms with Crippen LogP contribution >= 0.6 is 0 Å². The first-order valence-corrected chi connectivity index (χ1v) is 7.77. The van der Waals surface area contributed by atoms with Crippen molar-refractivity contribution in [1.29, 1.82) is 0 Å². The molecule has 0 atom stereocenters. The molecule has 0 radical (unpaired) electrons. The second-order valence-corrected chi connectivity index (χ2v) is 6.10.